The van der Waals surface area contributed by atoms with Crippen molar-refractivity contribution < 1.29 is 14.0 Å². The van der Waals surface area contributed by atoms with Crippen LogP contribution in [0, 0.1) is 12.7 Å². The molecule has 0 saturated heterocycles. The normalized spacial score (nSPS) is 13.9. The molecule has 1 heterocycles. The van der Waals surface area contributed by atoms with Gasteiger partial charge >= 0.3 is 0 Å². The zero-order valence-electron chi connectivity index (χ0n) is 17.1. The highest BCUT2D eigenvalue weighted by atomic mass is 35.5. The average molecular weight is 435 g/mol. The predicted octanol–water partition coefficient (Wildman–Crippen LogP) is 5.75. The molecule has 1 aliphatic rings. The fourth-order valence-electron chi connectivity index (χ4n) is 3.55. The zero-order valence-corrected chi connectivity index (χ0v) is 17.8. The first-order valence-electron chi connectivity index (χ1n) is 9.90. The monoisotopic (exact) mass is 434 g/mol. The van der Waals surface area contributed by atoms with E-state index in [0.717, 1.165) is 22.4 Å². The number of carbonyl (C=O) groups is 2. The Balaban J connectivity index is 1.81. The highest BCUT2D eigenvalue weighted by Gasteiger charge is 2.40. The number of rotatable bonds is 5. The molecular weight excluding hydrogens is 415 g/mol. The Morgan fingerprint density at radius 2 is 1.61 bits per heavy atom. The molecule has 0 aliphatic carbocycles. The summed E-state index contributed by atoms with van der Waals surface area (Å²) in [6.45, 7) is 3.89. The number of nitrogens with zero attached hydrogens (tertiary/aromatic N) is 1. The van der Waals surface area contributed by atoms with Crippen LogP contribution in [0.2, 0.25) is 5.02 Å². The van der Waals surface area contributed by atoms with Crippen LogP contribution in [-0.2, 0) is 16.0 Å². The molecule has 1 aliphatic heterocycles. The molecule has 31 heavy (non-hydrogen) atoms. The maximum absolute atomic E-state index is 13.5. The van der Waals surface area contributed by atoms with E-state index in [-0.39, 0.29) is 11.3 Å². The van der Waals surface area contributed by atoms with Gasteiger partial charge in [-0.2, -0.15) is 0 Å². The van der Waals surface area contributed by atoms with Gasteiger partial charge in [0.05, 0.1) is 11.3 Å². The van der Waals surface area contributed by atoms with E-state index in [9.17, 15) is 14.0 Å². The van der Waals surface area contributed by atoms with Crippen molar-refractivity contribution in [2.24, 2.45) is 0 Å². The minimum atomic E-state index is -0.470. The topological polar surface area (TPSA) is 49.4 Å². The molecular formula is C25H20ClFN2O2. The zero-order chi connectivity index (χ0) is 22.1. The highest BCUT2D eigenvalue weighted by Crippen LogP contribution is 2.34. The Morgan fingerprint density at radius 3 is 2.23 bits per heavy atom. The van der Waals surface area contributed by atoms with Gasteiger partial charge in [-0.25, -0.2) is 9.29 Å². The van der Waals surface area contributed by atoms with Crippen LogP contribution in [0.4, 0.5) is 15.8 Å². The molecule has 3 aromatic carbocycles. The molecule has 0 bridgehead atoms. The molecule has 2 amide bonds. The third-order valence-electron chi connectivity index (χ3n) is 5.27. The summed E-state index contributed by atoms with van der Waals surface area (Å²) in [4.78, 5) is 27.9. The molecule has 6 heteroatoms. The summed E-state index contributed by atoms with van der Waals surface area (Å²) < 4.78 is 13.5. The lowest BCUT2D eigenvalue weighted by Gasteiger charge is -2.16. The number of amides is 2. The molecule has 4 nitrogen and oxygen atoms in total. The second-order valence-corrected chi connectivity index (χ2v) is 7.74. The largest absolute Gasteiger partial charge is 0.350 e. The van der Waals surface area contributed by atoms with E-state index in [1.165, 1.54) is 24.3 Å². The Labute approximate surface area is 185 Å². The van der Waals surface area contributed by atoms with Crippen LogP contribution in [0.5, 0.6) is 0 Å². The van der Waals surface area contributed by atoms with Gasteiger partial charge in [-0.15, -0.1) is 0 Å². The number of anilines is 2. The molecule has 0 saturated carbocycles. The summed E-state index contributed by atoms with van der Waals surface area (Å²) in [5, 5.41) is 3.69. The van der Waals surface area contributed by atoms with E-state index in [4.69, 9.17) is 11.6 Å². The van der Waals surface area contributed by atoms with Gasteiger partial charge < -0.3 is 5.32 Å². The van der Waals surface area contributed by atoms with Crippen molar-refractivity contribution >= 4 is 40.4 Å². The number of carbonyl (C=O) groups excluding carboxylic acids is 2. The Bertz CT molecular complexity index is 1200. The third-order valence-corrected chi connectivity index (χ3v) is 5.50. The summed E-state index contributed by atoms with van der Waals surface area (Å²) in [5.74, 6) is -1.35. The summed E-state index contributed by atoms with van der Waals surface area (Å²) in [6.07, 6.45) is 0.851. The van der Waals surface area contributed by atoms with E-state index >= 15 is 0 Å². The Kier molecular flexibility index (Phi) is 5.61. The third kappa shape index (κ3) is 3.97. The highest BCUT2D eigenvalue weighted by molar-refractivity contribution is 6.46. The first-order chi connectivity index (χ1) is 14.9. The van der Waals surface area contributed by atoms with E-state index in [2.05, 4.69) is 5.32 Å². The van der Waals surface area contributed by atoms with Crippen LogP contribution in [0.25, 0.3) is 5.57 Å². The molecule has 4 rings (SSSR count). The first kappa shape index (κ1) is 20.8. The van der Waals surface area contributed by atoms with Crippen molar-refractivity contribution in [1.29, 1.82) is 0 Å². The maximum atomic E-state index is 13.5. The fraction of sp³-hybridized carbons (Fsp3) is 0.120. The van der Waals surface area contributed by atoms with Gasteiger partial charge in [-0.3, -0.25) is 9.59 Å². The van der Waals surface area contributed by atoms with Crippen molar-refractivity contribution in [2.75, 3.05) is 10.2 Å². The SMILES string of the molecule is CCc1ccc(N2C(=O)C(Nc3ccc(Cl)cc3C)=C(c3ccc(F)cc3)C2=O)cc1. The second kappa shape index (κ2) is 8.36. The lowest BCUT2D eigenvalue weighted by Crippen LogP contribution is -2.32. The number of hydrogen-bond acceptors (Lipinski definition) is 3. The molecule has 0 radical (unpaired) electrons. The van der Waals surface area contributed by atoms with Crippen LogP contribution < -0.4 is 10.2 Å². The van der Waals surface area contributed by atoms with Crippen LogP contribution >= 0.6 is 11.6 Å². The predicted molar refractivity (Wildman–Crippen MR) is 121 cm³/mol. The minimum Gasteiger partial charge on any atom is -0.350 e. The number of hydrogen-bond donors (Lipinski definition) is 1. The molecule has 0 aromatic heterocycles. The van der Waals surface area contributed by atoms with Gasteiger partial charge in [0.1, 0.15) is 11.5 Å². The molecule has 0 spiro atoms. The second-order valence-electron chi connectivity index (χ2n) is 7.31. The van der Waals surface area contributed by atoms with E-state index in [1.54, 1.807) is 30.3 Å². The summed E-state index contributed by atoms with van der Waals surface area (Å²) >= 11 is 6.05. The number of imide groups is 1. The van der Waals surface area contributed by atoms with E-state index in [0.29, 0.717) is 22.0 Å². The quantitative estimate of drug-likeness (QED) is 0.520. The van der Waals surface area contributed by atoms with Gasteiger partial charge in [-0.1, -0.05) is 42.8 Å². The van der Waals surface area contributed by atoms with Crippen molar-refractivity contribution in [3.63, 3.8) is 0 Å². The van der Waals surface area contributed by atoms with Crippen molar-refractivity contribution in [3.8, 4) is 0 Å². The molecule has 0 atom stereocenters. The molecule has 1 N–H and O–H groups in total. The number of aryl methyl sites for hydroxylation is 2. The number of halogens is 2. The van der Waals surface area contributed by atoms with Crippen LogP contribution in [0.3, 0.4) is 0 Å². The molecule has 156 valence electrons. The lowest BCUT2D eigenvalue weighted by molar-refractivity contribution is -0.120. The van der Waals surface area contributed by atoms with Gasteiger partial charge in [-0.05, 0) is 72.5 Å². The van der Waals surface area contributed by atoms with Gasteiger partial charge in [0.15, 0.2) is 0 Å². The number of benzene rings is 3. The van der Waals surface area contributed by atoms with Gasteiger partial charge in [0.25, 0.3) is 11.8 Å². The molecule has 0 unspecified atom stereocenters. The molecule has 0 fully saturated rings. The van der Waals surface area contributed by atoms with Crippen molar-refractivity contribution in [2.45, 2.75) is 20.3 Å². The fourth-order valence-corrected chi connectivity index (χ4v) is 3.77. The smallest absolute Gasteiger partial charge is 0.282 e. The Morgan fingerprint density at radius 1 is 0.935 bits per heavy atom. The summed E-state index contributed by atoms with van der Waals surface area (Å²) in [7, 11) is 0. The number of nitrogens with one attached hydrogen (secondary N) is 1. The van der Waals surface area contributed by atoms with E-state index in [1.807, 2.05) is 26.0 Å². The van der Waals surface area contributed by atoms with Gasteiger partial charge in [0.2, 0.25) is 0 Å². The van der Waals surface area contributed by atoms with Gasteiger partial charge in [0, 0.05) is 10.7 Å². The summed E-state index contributed by atoms with van der Waals surface area (Å²) in [5.41, 5.74) is 3.86. The first-order valence-corrected chi connectivity index (χ1v) is 10.3. The maximum Gasteiger partial charge on any atom is 0.282 e. The van der Waals surface area contributed by atoms with Crippen LogP contribution in [0.1, 0.15) is 23.6 Å². The van der Waals surface area contributed by atoms with Crippen molar-refractivity contribution in [3.05, 3.63) is 100.0 Å². The standard InChI is InChI=1S/C25H20ClFN2O2/c1-3-16-4-11-20(12-5-16)29-24(30)22(17-6-9-19(27)10-7-17)23(25(29)31)28-21-13-8-18(26)14-15(21)2/h4-14,28H,3H2,1-2H3. The minimum absolute atomic E-state index is 0.140. The molecule has 3 aromatic rings. The van der Waals surface area contributed by atoms with Crippen LogP contribution in [0.15, 0.2) is 72.4 Å². The van der Waals surface area contributed by atoms with Crippen molar-refractivity contribution in [1.82, 2.24) is 0 Å². The Hall–Kier alpha value is -3.44. The average Bonchev–Trinajstić information content (AvgIpc) is 3.00. The lowest BCUT2D eigenvalue weighted by atomic mass is 10.0. The van der Waals surface area contributed by atoms with E-state index < -0.39 is 17.6 Å². The van der Waals surface area contributed by atoms with Crippen LogP contribution in [-0.4, -0.2) is 11.8 Å². The summed E-state index contributed by atoms with van der Waals surface area (Å²) in [6, 6.07) is 18.1.